The quantitative estimate of drug-likeness (QED) is 0.730. The van der Waals surface area contributed by atoms with Crippen molar-refractivity contribution in [1.29, 1.82) is 0 Å². The Morgan fingerprint density at radius 3 is 2.59 bits per heavy atom. The molecule has 0 unspecified atom stereocenters. The molecular weight excluding hydrogens is 340 g/mol. The van der Waals surface area contributed by atoms with Crippen LogP contribution in [0.5, 0.6) is 5.75 Å². The molecule has 2 aromatic carbocycles. The molecule has 1 fully saturated rings. The molecule has 1 atom stereocenters. The van der Waals surface area contributed by atoms with Crippen molar-refractivity contribution in [2.24, 2.45) is 5.92 Å². The molecule has 0 radical (unpaired) electrons. The minimum atomic E-state index is -0.291. The number of hydrogen-bond donors (Lipinski definition) is 1. The molecule has 0 saturated carbocycles. The Balaban J connectivity index is 1.47. The van der Waals surface area contributed by atoms with Gasteiger partial charge in [-0.15, -0.1) is 0 Å². The first-order valence-electron chi connectivity index (χ1n) is 9.52. The third-order valence-corrected chi connectivity index (χ3v) is 4.74. The van der Waals surface area contributed by atoms with Crippen LogP contribution < -0.4 is 15.0 Å². The molecule has 2 amide bonds. The molecule has 3 rings (SSSR count). The molecular formula is C22H26N2O3. The third-order valence-electron chi connectivity index (χ3n) is 4.74. The van der Waals surface area contributed by atoms with Gasteiger partial charge in [0.1, 0.15) is 5.75 Å². The summed E-state index contributed by atoms with van der Waals surface area (Å²) in [6, 6.07) is 17.6. The van der Waals surface area contributed by atoms with E-state index < -0.39 is 0 Å². The second-order valence-electron chi connectivity index (χ2n) is 6.71. The second kappa shape index (κ2) is 9.21. The van der Waals surface area contributed by atoms with Gasteiger partial charge in [-0.2, -0.15) is 0 Å². The largest absolute Gasteiger partial charge is 0.494 e. The predicted molar refractivity (Wildman–Crippen MR) is 106 cm³/mol. The molecule has 0 spiro atoms. The van der Waals surface area contributed by atoms with E-state index in [-0.39, 0.29) is 24.2 Å². The predicted octanol–water partition coefficient (Wildman–Crippen LogP) is 3.19. The number of amides is 2. The van der Waals surface area contributed by atoms with Gasteiger partial charge in [0.05, 0.1) is 12.5 Å². The fourth-order valence-corrected chi connectivity index (χ4v) is 3.31. The van der Waals surface area contributed by atoms with Crippen LogP contribution in [0, 0.1) is 5.92 Å². The first-order valence-corrected chi connectivity index (χ1v) is 9.52. The zero-order chi connectivity index (χ0) is 19.1. The standard InChI is InChI=1S/C22H26N2O3/c1-2-27-20-12-10-19(11-13-20)24-16-18(15-21(24)25)22(26)23-14-6-9-17-7-4-3-5-8-17/h3-5,7-8,10-13,18H,2,6,9,14-16H2,1H3,(H,23,26)/t18-/m0/s1. The lowest BCUT2D eigenvalue weighted by Crippen LogP contribution is -2.33. The minimum Gasteiger partial charge on any atom is -0.494 e. The molecule has 0 aliphatic carbocycles. The normalized spacial score (nSPS) is 16.4. The van der Waals surface area contributed by atoms with Gasteiger partial charge in [0.15, 0.2) is 0 Å². The van der Waals surface area contributed by atoms with Gasteiger partial charge in [0, 0.05) is 25.2 Å². The maximum atomic E-state index is 12.4. The number of nitrogens with one attached hydrogen (secondary N) is 1. The van der Waals surface area contributed by atoms with Gasteiger partial charge < -0.3 is 15.0 Å². The first-order chi connectivity index (χ1) is 13.2. The van der Waals surface area contributed by atoms with Gasteiger partial charge in [-0.25, -0.2) is 0 Å². The number of carbonyl (C=O) groups is 2. The highest BCUT2D eigenvalue weighted by molar-refractivity contribution is 6.00. The van der Waals surface area contributed by atoms with Gasteiger partial charge in [-0.3, -0.25) is 9.59 Å². The maximum Gasteiger partial charge on any atom is 0.227 e. The molecule has 2 aromatic rings. The maximum absolute atomic E-state index is 12.4. The van der Waals surface area contributed by atoms with Crippen LogP contribution in [0.2, 0.25) is 0 Å². The summed E-state index contributed by atoms with van der Waals surface area (Å²) >= 11 is 0. The summed E-state index contributed by atoms with van der Waals surface area (Å²) in [6.45, 7) is 3.59. The highest BCUT2D eigenvalue weighted by Gasteiger charge is 2.34. The summed E-state index contributed by atoms with van der Waals surface area (Å²) in [5, 5.41) is 2.98. The first kappa shape index (κ1) is 19.0. The van der Waals surface area contributed by atoms with Crippen LogP contribution in [0.4, 0.5) is 5.69 Å². The van der Waals surface area contributed by atoms with Crippen LogP contribution in [-0.4, -0.2) is 31.5 Å². The average Bonchev–Trinajstić information content (AvgIpc) is 3.09. The Bertz CT molecular complexity index is 759. The van der Waals surface area contributed by atoms with Crippen LogP contribution >= 0.6 is 0 Å². The molecule has 1 aliphatic heterocycles. The smallest absolute Gasteiger partial charge is 0.227 e. The highest BCUT2D eigenvalue weighted by Crippen LogP contribution is 2.27. The average molecular weight is 366 g/mol. The minimum absolute atomic E-state index is 0.0106. The molecule has 1 saturated heterocycles. The number of anilines is 1. The van der Waals surface area contributed by atoms with Gasteiger partial charge in [-0.1, -0.05) is 30.3 Å². The highest BCUT2D eigenvalue weighted by atomic mass is 16.5. The molecule has 142 valence electrons. The van der Waals surface area contributed by atoms with Crippen LogP contribution in [0.1, 0.15) is 25.3 Å². The Kier molecular flexibility index (Phi) is 6.47. The molecule has 1 N–H and O–H groups in total. The number of rotatable bonds is 8. The van der Waals surface area contributed by atoms with Crippen molar-refractivity contribution in [3.8, 4) is 5.75 Å². The third kappa shape index (κ3) is 5.09. The van der Waals surface area contributed by atoms with E-state index in [0.717, 1.165) is 24.3 Å². The van der Waals surface area contributed by atoms with Crippen molar-refractivity contribution < 1.29 is 14.3 Å². The van der Waals surface area contributed by atoms with Gasteiger partial charge >= 0.3 is 0 Å². The summed E-state index contributed by atoms with van der Waals surface area (Å²) in [7, 11) is 0. The van der Waals surface area contributed by atoms with Crippen molar-refractivity contribution in [1.82, 2.24) is 5.32 Å². The van der Waals surface area contributed by atoms with E-state index in [1.165, 1.54) is 5.56 Å². The Morgan fingerprint density at radius 1 is 1.15 bits per heavy atom. The number of hydrogen-bond acceptors (Lipinski definition) is 3. The van der Waals surface area contributed by atoms with Gasteiger partial charge in [0.2, 0.25) is 11.8 Å². The van der Waals surface area contributed by atoms with Gasteiger partial charge in [-0.05, 0) is 49.6 Å². The van der Waals surface area contributed by atoms with E-state index in [4.69, 9.17) is 4.74 Å². The van der Waals surface area contributed by atoms with E-state index in [0.29, 0.717) is 19.7 Å². The zero-order valence-corrected chi connectivity index (χ0v) is 15.7. The van der Waals surface area contributed by atoms with E-state index in [1.54, 1.807) is 4.90 Å². The zero-order valence-electron chi connectivity index (χ0n) is 15.7. The lowest BCUT2D eigenvalue weighted by Gasteiger charge is -2.17. The monoisotopic (exact) mass is 366 g/mol. The number of aryl methyl sites for hydroxylation is 1. The Labute approximate surface area is 160 Å². The van der Waals surface area contributed by atoms with Gasteiger partial charge in [0.25, 0.3) is 0 Å². The fraction of sp³-hybridized carbons (Fsp3) is 0.364. The summed E-state index contributed by atoms with van der Waals surface area (Å²) < 4.78 is 5.43. The van der Waals surface area contributed by atoms with Crippen molar-refractivity contribution in [2.75, 3.05) is 24.6 Å². The number of benzene rings is 2. The van der Waals surface area contributed by atoms with Crippen molar-refractivity contribution in [3.05, 3.63) is 60.2 Å². The number of ether oxygens (including phenoxy) is 1. The number of carbonyl (C=O) groups excluding carboxylic acids is 2. The lowest BCUT2D eigenvalue weighted by molar-refractivity contribution is -0.126. The van der Waals surface area contributed by atoms with E-state index in [1.807, 2.05) is 49.4 Å². The summed E-state index contributed by atoms with van der Waals surface area (Å²) in [4.78, 5) is 26.4. The van der Waals surface area contributed by atoms with Crippen molar-refractivity contribution in [2.45, 2.75) is 26.2 Å². The summed E-state index contributed by atoms with van der Waals surface area (Å²) in [5.41, 5.74) is 2.08. The van der Waals surface area contributed by atoms with Crippen molar-refractivity contribution >= 4 is 17.5 Å². The topological polar surface area (TPSA) is 58.6 Å². The van der Waals surface area contributed by atoms with Crippen molar-refractivity contribution in [3.63, 3.8) is 0 Å². The molecule has 1 heterocycles. The lowest BCUT2D eigenvalue weighted by atomic mass is 10.1. The molecule has 5 heteroatoms. The number of nitrogens with zero attached hydrogens (tertiary/aromatic N) is 1. The molecule has 0 aromatic heterocycles. The van der Waals surface area contributed by atoms with Crippen LogP contribution in [0.3, 0.4) is 0 Å². The Hall–Kier alpha value is -2.82. The summed E-state index contributed by atoms with van der Waals surface area (Å²) in [5.74, 6) is 0.440. The molecule has 1 aliphatic rings. The molecule has 27 heavy (non-hydrogen) atoms. The van der Waals surface area contributed by atoms with Crippen LogP contribution in [0.25, 0.3) is 0 Å². The van der Waals surface area contributed by atoms with E-state index in [2.05, 4.69) is 17.4 Å². The second-order valence-corrected chi connectivity index (χ2v) is 6.71. The van der Waals surface area contributed by atoms with Crippen LogP contribution in [0.15, 0.2) is 54.6 Å². The fourth-order valence-electron chi connectivity index (χ4n) is 3.31. The van der Waals surface area contributed by atoms with E-state index in [9.17, 15) is 9.59 Å². The van der Waals surface area contributed by atoms with E-state index >= 15 is 0 Å². The molecule has 5 nitrogen and oxygen atoms in total. The Morgan fingerprint density at radius 2 is 1.89 bits per heavy atom. The summed E-state index contributed by atoms with van der Waals surface area (Å²) in [6.07, 6.45) is 2.08. The molecule has 0 bridgehead atoms. The van der Waals surface area contributed by atoms with Crippen LogP contribution in [-0.2, 0) is 16.0 Å². The SMILES string of the molecule is CCOc1ccc(N2C[C@@H](C(=O)NCCCc3ccccc3)CC2=O)cc1.